The number of H-pyrrole nitrogens is 1. The average molecular weight is 234 g/mol. The monoisotopic (exact) mass is 234 g/mol. The van der Waals surface area contributed by atoms with Crippen LogP contribution in [0.4, 0.5) is 4.39 Å². The van der Waals surface area contributed by atoms with E-state index in [-0.39, 0.29) is 18.1 Å². The van der Waals surface area contributed by atoms with E-state index in [9.17, 15) is 9.18 Å². The third kappa shape index (κ3) is 3.37. The third-order valence-electron chi connectivity index (χ3n) is 2.20. The van der Waals surface area contributed by atoms with Crippen molar-refractivity contribution in [3.8, 4) is 0 Å². The summed E-state index contributed by atoms with van der Waals surface area (Å²) in [6, 6.07) is 5.84. The van der Waals surface area contributed by atoms with Gasteiger partial charge in [-0.3, -0.25) is 9.89 Å². The number of rotatable bonds is 4. The van der Waals surface area contributed by atoms with Gasteiger partial charge in [-0.2, -0.15) is 5.10 Å². The van der Waals surface area contributed by atoms with Gasteiger partial charge in [0.2, 0.25) is 5.91 Å². The topological polar surface area (TPSA) is 70.7 Å². The second-order valence-corrected chi connectivity index (χ2v) is 3.51. The molecule has 0 fully saturated rings. The van der Waals surface area contributed by atoms with Crippen molar-refractivity contribution in [2.45, 2.75) is 13.0 Å². The lowest BCUT2D eigenvalue weighted by atomic mass is 10.1. The molecule has 5 nitrogen and oxygen atoms in total. The fraction of sp³-hybridized carbons (Fsp3) is 0.182. The normalized spacial score (nSPS) is 10.2. The van der Waals surface area contributed by atoms with Crippen molar-refractivity contribution < 1.29 is 9.18 Å². The minimum Gasteiger partial charge on any atom is -0.349 e. The highest BCUT2D eigenvalue weighted by Crippen LogP contribution is 2.03. The van der Waals surface area contributed by atoms with Gasteiger partial charge in [0, 0.05) is 0 Å². The van der Waals surface area contributed by atoms with E-state index >= 15 is 0 Å². The van der Waals surface area contributed by atoms with Crippen LogP contribution in [0.25, 0.3) is 0 Å². The van der Waals surface area contributed by atoms with E-state index in [1.807, 2.05) is 0 Å². The van der Waals surface area contributed by atoms with Gasteiger partial charge >= 0.3 is 0 Å². The van der Waals surface area contributed by atoms with E-state index in [4.69, 9.17) is 0 Å². The van der Waals surface area contributed by atoms with Crippen LogP contribution in [0.2, 0.25) is 0 Å². The zero-order valence-corrected chi connectivity index (χ0v) is 8.98. The van der Waals surface area contributed by atoms with Crippen LogP contribution in [-0.4, -0.2) is 21.1 Å². The lowest BCUT2D eigenvalue weighted by Gasteiger charge is -2.03. The van der Waals surface area contributed by atoms with E-state index < -0.39 is 0 Å². The quantitative estimate of drug-likeness (QED) is 0.822. The predicted molar refractivity (Wildman–Crippen MR) is 58.3 cm³/mol. The molecule has 0 saturated heterocycles. The summed E-state index contributed by atoms with van der Waals surface area (Å²) in [5.74, 6) is 0.140. The highest BCUT2D eigenvalue weighted by Gasteiger charge is 2.04. The third-order valence-corrected chi connectivity index (χ3v) is 2.20. The molecule has 0 unspecified atom stereocenters. The molecule has 2 N–H and O–H groups in total. The van der Waals surface area contributed by atoms with Crippen molar-refractivity contribution in [2.24, 2.45) is 0 Å². The summed E-state index contributed by atoms with van der Waals surface area (Å²) in [6.07, 6.45) is 1.59. The summed E-state index contributed by atoms with van der Waals surface area (Å²) >= 11 is 0. The first kappa shape index (κ1) is 11.3. The van der Waals surface area contributed by atoms with Crippen molar-refractivity contribution in [3.05, 3.63) is 47.8 Å². The fourth-order valence-electron chi connectivity index (χ4n) is 1.35. The maximum atomic E-state index is 12.6. The van der Waals surface area contributed by atoms with E-state index in [1.54, 1.807) is 12.1 Å². The number of hydrogen-bond donors (Lipinski definition) is 2. The van der Waals surface area contributed by atoms with Crippen LogP contribution in [-0.2, 0) is 17.8 Å². The number of carbonyl (C=O) groups excluding carboxylic acids is 1. The Hall–Kier alpha value is -2.24. The molecule has 0 spiro atoms. The Morgan fingerprint density at radius 2 is 2.12 bits per heavy atom. The first-order valence-corrected chi connectivity index (χ1v) is 5.09. The van der Waals surface area contributed by atoms with E-state index in [1.165, 1.54) is 18.5 Å². The molecule has 1 amide bonds. The smallest absolute Gasteiger partial charge is 0.224 e. The SMILES string of the molecule is O=C(Cc1ccc(F)cc1)NCc1ncn[nH]1. The van der Waals surface area contributed by atoms with Crippen LogP contribution in [0.5, 0.6) is 0 Å². The van der Waals surface area contributed by atoms with Gasteiger partial charge in [0.05, 0.1) is 13.0 Å². The number of carbonyl (C=O) groups is 1. The Kier molecular flexibility index (Phi) is 3.44. The van der Waals surface area contributed by atoms with Gasteiger partial charge in [-0.1, -0.05) is 12.1 Å². The van der Waals surface area contributed by atoms with Gasteiger partial charge in [0.15, 0.2) is 0 Å². The van der Waals surface area contributed by atoms with Gasteiger partial charge < -0.3 is 5.32 Å². The number of nitrogens with one attached hydrogen (secondary N) is 2. The number of aromatic nitrogens is 3. The van der Waals surface area contributed by atoms with Gasteiger partial charge in [0.25, 0.3) is 0 Å². The molecule has 1 heterocycles. The maximum absolute atomic E-state index is 12.6. The molecule has 1 aromatic carbocycles. The summed E-state index contributed by atoms with van der Waals surface area (Å²) in [7, 11) is 0. The molecule has 88 valence electrons. The molecular formula is C11H11FN4O. The second-order valence-electron chi connectivity index (χ2n) is 3.51. The zero-order valence-electron chi connectivity index (χ0n) is 8.98. The Bertz CT molecular complexity index is 481. The number of amides is 1. The Morgan fingerprint density at radius 3 is 2.76 bits per heavy atom. The first-order chi connectivity index (χ1) is 8.24. The second kappa shape index (κ2) is 5.20. The molecule has 0 aliphatic heterocycles. The standard InChI is InChI=1S/C11H11FN4O/c12-9-3-1-8(2-4-9)5-11(17)13-6-10-14-7-15-16-10/h1-4,7H,5-6H2,(H,13,17)(H,14,15,16). The van der Waals surface area contributed by atoms with Crippen LogP contribution in [0.3, 0.4) is 0 Å². The molecule has 6 heteroatoms. The number of nitrogens with zero attached hydrogens (tertiary/aromatic N) is 2. The van der Waals surface area contributed by atoms with Crippen molar-refractivity contribution in [1.29, 1.82) is 0 Å². The predicted octanol–water partition coefficient (Wildman–Crippen LogP) is 0.803. The number of halogens is 1. The Labute approximate surface area is 97.1 Å². The summed E-state index contributed by atoms with van der Waals surface area (Å²) in [6.45, 7) is 0.306. The summed E-state index contributed by atoms with van der Waals surface area (Å²) in [4.78, 5) is 15.4. The lowest BCUT2D eigenvalue weighted by Crippen LogP contribution is -2.25. The molecule has 2 aromatic rings. The number of hydrogen-bond acceptors (Lipinski definition) is 3. The van der Waals surface area contributed by atoms with Crippen LogP contribution in [0.15, 0.2) is 30.6 Å². The molecule has 0 saturated carbocycles. The molecule has 2 rings (SSSR count). The highest BCUT2D eigenvalue weighted by atomic mass is 19.1. The molecule has 0 aliphatic carbocycles. The van der Waals surface area contributed by atoms with E-state index in [0.717, 1.165) is 5.56 Å². The minimum absolute atomic E-state index is 0.145. The number of aromatic amines is 1. The van der Waals surface area contributed by atoms with Crippen molar-refractivity contribution in [3.63, 3.8) is 0 Å². The van der Waals surface area contributed by atoms with Crippen molar-refractivity contribution in [1.82, 2.24) is 20.5 Å². The Morgan fingerprint density at radius 1 is 1.35 bits per heavy atom. The lowest BCUT2D eigenvalue weighted by molar-refractivity contribution is -0.120. The molecule has 1 aromatic heterocycles. The van der Waals surface area contributed by atoms with E-state index in [0.29, 0.717) is 12.4 Å². The Balaban J connectivity index is 1.83. The van der Waals surface area contributed by atoms with E-state index in [2.05, 4.69) is 20.5 Å². The van der Waals surface area contributed by atoms with Crippen molar-refractivity contribution in [2.75, 3.05) is 0 Å². The number of benzene rings is 1. The first-order valence-electron chi connectivity index (χ1n) is 5.09. The van der Waals surface area contributed by atoms with Crippen LogP contribution >= 0.6 is 0 Å². The summed E-state index contributed by atoms with van der Waals surface area (Å²) < 4.78 is 12.6. The van der Waals surface area contributed by atoms with Crippen LogP contribution in [0, 0.1) is 5.82 Å². The molecule has 17 heavy (non-hydrogen) atoms. The average Bonchev–Trinajstić information content (AvgIpc) is 2.83. The largest absolute Gasteiger partial charge is 0.349 e. The zero-order chi connectivity index (χ0) is 12.1. The molecule has 0 radical (unpaired) electrons. The van der Waals surface area contributed by atoms with Gasteiger partial charge in [-0.25, -0.2) is 9.37 Å². The summed E-state index contributed by atoms with van der Waals surface area (Å²) in [5.41, 5.74) is 0.765. The van der Waals surface area contributed by atoms with Gasteiger partial charge in [-0.15, -0.1) is 0 Å². The minimum atomic E-state index is -0.309. The fourth-order valence-corrected chi connectivity index (χ4v) is 1.35. The van der Waals surface area contributed by atoms with Gasteiger partial charge in [-0.05, 0) is 17.7 Å². The summed E-state index contributed by atoms with van der Waals surface area (Å²) in [5, 5.41) is 8.98. The van der Waals surface area contributed by atoms with Crippen LogP contribution in [0.1, 0.15) is 11.4 Å². The van der Waals surface area contributed by atoms with Gasteiger partial charge in [0.1, 0.15) is 18.0 Å². The highest BCUT2D eigenvalue weighted by molar-refractivity contribution is 5.78. The maximum Gasteiger partial charge on any atom is 0.224 e. The molecule has 0 bridgehead atoms. The van der Waals surface area contributed by atoms with Crippen LogP contribution < -0.4 is 5.32 Å². The molecular weight excluding hydrogens is 223 g/mol. The molecule has 0 aliphatic rings. The van der Waals surface area contributed by atoms with Crippen molar-refractivity contribution >= 4 is 5.91 Å². The molecule has 0 atom stereocenters.